The van der Waals surface area contributed by atoms with Gasteiger partial charge in [0, 0.05) is 19.3 Å². The molecule has 0 fully saturated rings. The SMILES string of the molecule is CC/C=C/C=C/C=C/C=C/CCCCCC(=O)OCC(COC(=O)CCCCCCCCCCCC/C=C/C=C/CCCCC)OC(=O)CCCCCCC/C=C/CCCCCCCCCCC. The Balaban J connectivity index is 4.41. The molecular formula is C62H106O6. The normalized spacial score (nSPS) is 12.7. The zero-order valence-corrected chi connectivity index (χ0v) is 44.6. The van der Waals surface area contributed by atoms with Gasteiger partial charge in [-0.2, -0.15) is 0 Å². The van der Waals surface area contributed by atoms with Crippen LogP contribution < -0.4 is 0 Å². The third-order valence-electron chi connectivity index (χ3n) is 12.2. The number of unbranched alkanes of at least 4 members (excludes halogenated alkanes) is 30. The molecule has 0 N–H and O–H groups in total. The Bertz CT molecular complexity index is 1320. The summed E-state index contributed by atoms with van der Waals surface area (Å²) in [6.45, 7) is 6.44. The topological polar surface area (TPSA) is 78.9 Å². The van der Waals surface area contributed by atoms with Crippen LogP contribution in [0.15, 0.2) is 85.1 Å². The van der Waals surface area contributed by atoms with E-state index in [1.54, 1.807) is 0 Å². The highest BCUT2D eigenvalue weighted by molar-refractivity contribution is 5.71. The standard InChI is InChI=1S/C62H106O6/c1-4-7-10-13-16-19-22-25-27-29-31-33-34-37-40-43-46-49-52-55-61(64)67-58-59(57-66-60(63)54-51-48-45-42-39-36-24-21-18-15-12-9-6-3)68-62(65)56-53-50-47-44-41-38-35-32-30-28-26-23-20-17-14-11-8-5-2/h9,12,15-16,18-19,21-22,24-25,32,35-36,39,59H,4-8,10-11,13-14,17,20,23,26-31,33-34,37-38,40-58H2,1-3H3/b12-9+,18-15+,19-16+,24-21+,25-22+,35-32+,39-36+. The van der Waals surface area contributed by atoms with Crippen molar-refractivity contribution in [3.05, 3.63) is 85.1 Å². The number of hydrogen-bond acceptors (Lipinski definition) is 6. The second kappa shape index (κ2) is 56.2. The molecule has 0 aromatic carbocycles. The fraction of sp³-hybridized carbons (Fsp3) is 0.726. The van der Waals surface area contributed by atoms with Gasteiger partial charge in [-0.15, -0.1) is 0 Å². The molecule has 68 heavy (non-hydrogen) atoms. The van der Waals surface area contributed by atoms with Crippen LogP contribution in [0.25, 0.3) is 0 Å². The lowest BCUT2D eigenvalue weighted by atomic mass is 10.1. The van der Waals surface area contributed by atoms with Gasteiger partial charge in [-0.1, -0.05) is 247 Å². The molecule has 0 heterocycles. The van der Waals surface area contributed by atoms with Crippen LogP contribution in [0.1, 0.15) is 271 Å². The number of carbonyl (C=O) groups excluding carboxylic acids is 3. The molecule has 1 atom stereocenters. The quantitative estimate of drug-likeness (QED) is 0.0199. The largest absolute Gasteiger partial charge is 0.462 e. The molecule has 0 aliphatic carbocycles. The van der Waals surface area contributed by atoms with Gasteiger partial charge in [-0.05, 0) is 89.9 Å². The Morgan fingerprint density at radius 3 is 1.00 bits per heavy atom. The van der Waals surface area contributed by atoms with Crippen molar-refractivity contribution in [2.24, 2.45) is 0 Å². The highest BCUT2D eigenvalue weighted by Crippen LogP contribution is 2.15. The molecular weight excluding hydrogens is 841 g/mol. The molecule has 0 amide bonds. The van der Waals surface area contributed by atoms with Crippen LogP contribution in [0.2, 0.25) is 0 Å². The maximum Gasteiger partial charge on any atom is 0.306 e. The summed E-state index contributed by atoms with van der Waals surface area (Å²) in [7, 11) is 0. The number of ether oxygens (including phenoxy) is 3. The summed E-state index contributed by atoms with van der Waals surface area (Å²) in [6, 6.07) is 0. The maximum absolute atomic E-state index is 12.9. The molecule has 0 radical (unpaired) electrons. The van der Waals surface area contributed by atoms with Gasteiger partial charge in [-0.3, -0.25) is 14.4 Å². The summed E-state index contributed by atoms with van der Waals surface area (Å²) in [4.78, 5) is 38.1. The molecule has 6 nitrogen and oxygen atoms in total. The number of hydrogen-bond donors (Lipinski definition) is 0. The Morgan fingerprint density at radius 1 is 0.309 bits per heavy atom. The number of esters is 3. The molecule has 0 rings (SSSR count). The number of carbonyl (C=O) groups is 3. The van der Waals surface area contributed by atoms with Crippen LogP contribution in [0, 0.1) is 0 Å². The Morgan fingerprint density at radius 2 is 0.588 bits per heavy atom. The van der Waals surface area contributed by atoms with Crippen molar-refractivity contribution in [1.82, 2.24) is 0 Å². The molecule has 0 bridgehead atoms. The average Bonchev–Trinajstić information content (AvgIpc) is 3.34. The van der Waals surface area contributed by atoms with E-state index in [2.05, 4.69) is 75.5 Å². The Hall–Kier alpha value is -3.41. The van der Waals surface area contributed by atoms with Gasteiger partial charge in [-0.25, -0.2) is 0 Å². The third kappa shape index (κ3) is 53.5. The lowest BCUT2D eigenvalue weighted by Gasteiger charge is -2.18. The minimum absolute atomic E-state index is 0.0943. The minimum Gasteiger partial charge on any atom is -0.462 e. The van der Waals surface area contributed by atoms with E-state index in [-0.39, 0.29) is 31.1 Å². The fourth-order valence-electron chi connectivity index (χ4n) is 7.91. The predicted molar refractivity (Wildman–Crippen MR) is 293 cm³/mol. The van der Waals surface area contributed by atoms with Gasteiger partial charge < -0.3 is 14.2 Å². The molecule has 6 heteroatoms. The number of allylic oxidation sites excluding steroid dienone is 14. The monoisotopic (exact) mass is 947 g/mol. The lowest BCUT2D eigenvalue weighted by molar-refractivity contribution is -0.167. The van der Waals surface area contributed by atoms with E-state index < -0.39 is 6.10 Å². The first kappa shape index (κ1) is 64.6. The summed E-state index contributed by atoms with van der Waals surface area (Å²) in [5, 5.41) is 0. The predicted octanol–water partition coefficient (Wildman–Crippen LogP) is 19.2. The van der Waals surface area contributed by atoms with Crippen LogP contribution >= 0.6 is 0 Å². The average molecular weight is 948 g/mol. The van der Waals surface area contributed by atoms with Crippen molar-refractivity contribution in [3.63, 3.8) is 0 Å². The van der Waals surface area contributed by atoms with Crippen LogP contribution in [0.3, 0.4) is 0 Å². The van der Waals surface area contributed by atoms with E-state index in [4.69, 9.17) is 14.2 Å². The highest BCUT2D eigenvalue weighted by atomic mass is 16.6. The first-order chi connectivity index (χ1) is 33.5. The smallest absolute Gasteiger partial charge is 0.306 e. The Kier molecular flexibility index (Phi) is 53.4. The number of rotatable bonds is 51. The van der Waals surface area contributed by atoms with Crippen molar-refractivity contribution >= 4 is 17.9 Å². The van der Waals surface area contributed by atoms with Crippen LogP contribution in [0.5, 0.6) is 0 Å². The maximum atomic E-state index is 12.9. The van der Waals surface area contributed by atoms with Crippen molar-refractivity contribution in [2.75, 3.05) is 13.2 Å². The van der Waals surface area contributed by atoms with Crippen molar-refractivity contribution in [1.29, 1.82) is 0 Å². The van der Waals surface area contributed by atoms with E-state index in [0.717, 1.165) is 83.5 Å². The van der Waals surface area contributed by atoms with E-state index in [1.807, 2.05) is 30.4 Å². The van der Waals surface area contributed by atoms with Gasteiger partial charge >= 0.3 is 17.9 Å². The van der Waals surface area contributed by atoms with Crippen LogP contribution in [-0.4, -0.2) is 37.2 Å². The van der Waals surface area contributed by atoms with Gasteiger partial charge in [0.05, 0.1) is 0 Å². The van der Waals surface area contributed by atoms with E-state index in [0.29, 0.717) is 19.3 Å². The van der Waals surface area contributed by atoms with Crippen molar-refractivity contribution in [2.45, 2.75) is 277 Å². The van der Waals surface area contributed by atoms with E-state index >= 15 is 0 Å². The summed E-state index contributed by atoms with van der Waals surface area (Å²) < 4.78 is 16.8. The highest BCUT2D eigenvalue weighted by Gasteiger charge is 2.19. The molecule has 390 valence electrons. The first-order valence-electron chi connectivity index (χ1n) is 28.7. The zero-order valence-electron chi connectivity index (χ0n) is 44.6. The minimum atomic E-state index is -0.799. The molecule has 0 aromatic heterocycles. The molecule has 0 saturated carbocycles. The summed E-state index contributed by atoms with van der Waals surface area (Å²) >= 11 is 0. The zero-order chi connectivity index (χ0) is 49.3. The third-order valence-corrected chi connectivity index (χ3v) is 12.2. The van der Waals surface area contributed by atoms with Gasteiger partial charge in [0.15, 0.2) is 6.10 Å². The molecule has 0 spiro atoms. The molecule has 0 aliphatic rings. The molecule has 0 aliphatic heterocycles. The van der Waals surface area contributed by atoms with Crippen LogP contribution in [0.4, 0.5) is 0 Å². The van der Waals surface area contributed by atoms with E-state index in [9.17, 15) is 14.4 Å². The molecule has 1 unspecified atom stereocenters. The van der Waals surface area contributed by atoms with Crippen molar-refractivity contribution in [3.8, 4) is 0 Å². The molecule has 0 aromatic rings. The lowest BCUT2D eigenvalue weighted by Crippen LogP contribution is -2.30. The second-order valence-corrected chi connectivity index (χ2v) is 18.9. The van der Waals surface area contributed by atoms with Gasteiger partial charge in [0.1, 0.15) is 13.2 Å². The second-order valence-electron chi connectivity index (χ2n) is 18.9. The van der Waals surface area contributed by atoms with Crippen molar-refractivity contribution < 1.29 is 28.6 Å². The molecule has 0 saturated heterocycles. The van der Waals surface area contributed by atoms with E-state index in [1.165, 1.54) is 148 Å². The first-order valence-corrected chi connectivity index (χ1v) is 28.7. The van der Waals surface area contributed by atoms with Gasteiger partial charge in [0.25, 0.3) is 0 Å². The van der Waals surface area contributed by atoms with Crippen LogP contribution in [-0.2, 0) is 28.6 Å². The Labute approximate surface area is 420 Å². The summed E-state index contributed by atoms with van der Waals surface area (Å²) in [6.07, 6.45) is 72.9. The van der Waals surface area contributed by atoms with Gasteiger partial charge in [0.2, 0.25) is 0 Å². The summed E-state index contributed by atoms with van der Waals surface area (Å²) in [5.41, 5.74) is 0. The fourth-order valence-corrected chi connectivity index (χ4v) is 7.91. The summed E-state index contributed by atoms with van der Waals surface area (Å²) in [5.74, 6) is -0.941.